The first kappa shape index (κ1) is 20.0. The number of fused-ring (bicyclic) bond motifs is 1. The molecule has 2 aromatic rings. The third-order valence-corrected chi connectivity index (χ3v) is 7.08. The van der Waals surface area contributed by atoms with E-state index in [1.165, 1.54) is 6.26 Å². The second kappa shape index (κ2) is 7.84. The highest BCUT2D eigenvalue weighted by molar-refractivity contribution is 7.90. The summed E-state index contributed by atoms with van der Waals surface area (Å²) in [6.07, 6.45) is 1.60. The van der Waals surface area contributed by atoms with Crippen LogP contribution >= 0.6 is 23.2 Å². The van der Waals surface area contributed by atoms with Crippen LogP contribution in [0.15, 0.2) is 41.3 Å². The van der Waals surface area contributed by atoms with Gasteiger partial charge in [-0.3, -0.25) is 4.90 Å². The van der Waals surface area contributed by atoms with E-state index in [1.54, 1.807) is 30.3 Å². The van der Waals surface area contributed by atoms with Gasteiger partial charge in [0, 0.05) is 48.0 Å². The molecule has 0 radical (unpaired) electrons. The van der Waals surface area contributed by atoms with E-state index in [0.717, 1.165) is 43.7 Å². The molecule has 1 aliphatic heterocycles. The van der Waals surface area contributed by atoms with Crippen LogP contribution in [-0.4, -0.2) is 51.8 Å². The monoisotopic (exact) mass is 440 g/mol. The number of para-hydroxylation sites is 1. The van der Waals surface area contributed by atoms with Crippen molar-refractivity contribution in [2.45, 2.75) is 23.5 Å². The first-order valence-electron chi connectivity index (χ1n) is 9.23. The normalized spacial score (nSPS) is 22.8. The Kier molecular flexibility index (Phi) is 5.60. The van der Waals surface area contributed by atoms with E-state index in [0.29, 0.717) is 15.8 Å². The van der Waals surface area contributed by atoms with E-state index in [4.69, 9.17) is 27.9 Å². The van der Waals surface area contributed by atoms with Gasteiger partial charge >= 0.3 is 0 Å². The molecule has 5 nitrogen and oxygen atoms in total. The van der Waals surface area contributed by atoms with Gasteiger partial charge in [-0.15, -0.1) is 0 Å². The number of ether oxygens (including phenoxy) is 1. The second-order valence-corrected chi connectivity index (χ2v) is 10.1. The van der Waals surface area contributed by atoms with Gasteiger partial charge in [0.25, 0.3) is 0 Å². The lowest BCUT2D eigenvalue weighted by atomic mass is 10.1. The number of hydrogen-bond acceptors (Lipinski definition) is 5. The maximum atomic E-state index is 12.2. The summed E-state index contributed by atoms with van der Waals surface area (Å²) in [6.45, 7) is 3.62. The molecule has 1 heterocycles. The van der Waals surface area contributed by atoms with Crippen molar-refractivity contribution in [3.8, 4) is 5.75 Å². The zero-order chi connectivity index (χ0) is 19.9. The average Bonchev–Trinajstić information content (AvgIpc) is 3.01. The Morgan fingerprint density at radius 3 is 2.57 bits per heavy atom. The molecule has 8 heteroatoms. The van der Waals surface area contributed by atoms with Gasteiger partial charge in [0.2, 0.25) is 0 Å². The first-order valence-corrected chi connectivity index (χ1v) is 11.9. The SMILES string of the molecule is CS(=O)(=O)c1ccccc1OC1c2cc(Cl)cc(Cl)c2CC1N1CCNCC1. The van der Waals surface area contributed by atoms with Crippen molar-refractivity contribution in [1.29, 1.82) is 0 Å². The third-order valence-electron chi connectivity index (χ3n) is 5.39. The number of halogens is 2. The van der Waals surface area contributed by atoms with Crippen LogP contribution in [0.5, 0.6) is 5.75 Å². The maximum Gasteiger partial charge on any atom is 0.179 e. The number of sulfone groups is 1. The summed E-state index contributed by atoms with van der Waals surface area (Å²) in [6, 6.07) is 10.5. The second-order valence-electron chi connectivity index (χ2n) is 7.27. The number of hydrogen-bond donors (Lipinski definition) is 1. The van der Waals surface area contributed by atoms with Crippen molar-refractivity contribution < 1.29 is 13.2 Å². The predicted molar refractivity (Wildman–Crippen MR) is 111 cm³/mol. The van der Waals surface area contributed by atoms with E-state index < -0.39 is 9.84 Å². The standard InChI is InChI=1S/C20H22Cl2N2O3S/c1-28(25,26)19-5-3-2-4-18(19)27-20-15-10-13(21)11-16(22)14(15)12-17(20)24-8-6-23-7-9-24/h2-5,10-11,17,20,23H,6-9,12H2,1H3. The van der Waals surface area contributed by atoms with Crippen LogP contribution < -0.4 is 10.1 Å². The van der Waals surface area contributed by atoms with E-state index in [9.17, 15) is 8.42 Å². The zero-order valence-corrected chi connectivity index (χ0v) is 17.8. The van der Waals surface area contributed by atoms with Gasteiger partial charge in [0.05, 0.1) is 6.04 Å². The number of rotatable bonds is 4. The highest BCUT2D eigenvalue weighted by Gasteiger charge is 2.40. The highest BCUT2D eigenvalue weighted by Crippen LogP contribution is 2.43. The Hall–Kier alpha value is -1.31. The molecule has 0 saturated carbocycles. The summed E-state index contributed by atoms with van der Waals surface area (Å²) in [4.78, 5) is 2.57. The van der Waals surface area contributed by atoms with E-state index in [1.807, 2.05) is 6.07 Å². The van der Waals surface area contributed by atoms with Crippen molar-refractivity contribution in [2.24, 2.45) is 0 Å². The van der Waals surface area contributed by atoms with Gasteiger partial charge in [-0.2, -0.15) is 0 Å². The van der Waals surface area contributed by atoms with Gasteiger partial charge in [0.1, 0.15) is 16.7 Å². The molecule has 2 aliphatic rings. The van der Waals surface area contributed by atoms with Crippen LogP contribution in [0, 0.1) is 0 Å². The van der Waals surface area contributed by atoms with Crippen LogP contribution in [-0.2, 0) is 16.3 Å². The Morgan fingerprint density at radius 2 is 1.86 bits per heavy atom. The molecule has 1 saturated heterocycles. The van der Waals surface area contributed by atoms with Crippen LogP contribution in [0.1, 0.15) is 17.2 Å². The molecule has 0 spiro atoms. The lowest BCUT2D eigenvalue weighted by Crippen LogP contribution is -2.50. The third kappa shape index (κ3) is 3.89. The molecule has 1 aliphatic carbocycles. The molecule has 1 fully saturated rings. The minimum atomic E-state index is -3.41. The fourth-order valence-corrected chi connectivity index (χ4v) is 5.48. The summed E-state index contributed by atoms with van der Waals surface area (Å²) in [5.74, 6) is 0.360. The molecule has 0 aromatic heterocycles. The molecule has 2 atom stereocenters. The summed E-state index contributed by atoms with van der Waals surface area (Å²) in [5.41, 5.74) is 1.96. The number of benzene rings is 2. The molecule has 4 rings (SSSR count). The van der Waals surface area contributed by atoms with Crippen molar-refractivity contribution in [3.05, 3.63) is 57.6 Å². The molecule has 1 N–H and O–H groups in total. The fourth-order valence-electron chi connectivity index (χ4n) is 4.08. The summed E-state index contributed by atoms with van der Waals surface area (Å²) in [5, 5.41) is 4.54. The molecule has 2 aromatic carbocycles. The molecule has 0 amide bonds. The van der Waals surface area contributed by atoms with E-state index in [-0.39, 0.29) is 17.0 Å². The van der Waals surface area contributed by atoms with Gasteiger partial charge < -0.3 is 10.1 Å². The molecule has 2 unspecified atom stereocenters. The highest BCUT2D eigenvalue weighted by atomic mass is 35.5. The summed E-state index contributed by atoms with van der Waals surface area (Å²) in [7, 11) is -3.41. The van der Waals surface area contributed by atoms with Gasteiger partial charge in [-0.05, 0) is 36.2 Å². The number of nitrogens with one attached hydrogen (secondary N) is 1. The molecular formula is C20H22Cl2N2O3S. The topological polar surface area (TPSA) is 58.6 Å². The van der Waals surface area contributed by atoms with Gasteiger partial charge in [-0.25, -0.2) is 8.42 Å². The Labute approximate surface area is 175 Å². The lowest BCUT2D eigenvalue weighted by Gasteiger charge is -2.36. The van der Waals surface area contributed by atoms with Gasteiger partial charge in [-0.1, -0.05) is 35.3 Å². The summed E-state index contributed by atoms with van der Waals surface area (Å²) >= 11 is 12.8. The molecule has 0 bridgehead atoms. The van der Waals surface area contributed by atoms with Crippen LogP contribution in [0.25, 0.3) is 0 Å². The number of nitrogens with zero attached hydrogens (tertiary/aromatic N) is 1. The Bertz CT molecular complexity index is 991. The van der Waals surface area contributed by atoms with Gasteiger partial charge in [0.15, 0.2) is 9.84 Å². The predicted octanol–water partition coefficient (Wildman–Crippen LogP) is 3.35. The van der Waals surface area contributed by atoms with Crippen molar-refractivity contribution in [3.63, 3.8) is 0 Å². The fraction of sp³-hybridized carbons (Fsp3) is 0.400. The van der Waals surface area contributed by atoms with Crippen LogP contribution in [0.2, 0.25) is 10.0 Å². The maximum absolute atomic E-state index is 12.2. The first-order chi connectivity index (χ1) is 13.3. The smallest absolute Gasteiger partial charge is 0.179 e. The minimum absolute atomic E-state index is 0.0701. The molecule has 28 heavy (non-hydrogen) atoms. The molecule has 150 valence electrons. The zero-order valence-electron chi connectivity index (χ0n) is 15.5. The molecular weight excluding hydrogens is 419 g/mol. The van der Waals surface area contributed by atoms with Crippen LogP contribution in [0.3, 0.4) is 0 Å². The number of piperazine rings is 1. The van der Waals surface area contributed by atoms with E-state index >= 15 is 0 Å². The Balaban J connectivity index is 1.76. The van der Waals surface area contributed by atoms with Crippen molar-refractivity contribution in [1.82, 2.24) is 10.2 Å². The van der Waals surface area contributed by atoms with E-state index in [2.05, 4.69) is 10.2 Å². The average molecular weight is 441 g/mol. The lowest BCUT2D eigenvalue weighted by molar-refractivity contribution is 0.0675. The summed E-state index contributed by atoms with van der Waals surface area (Å²) < 4.78 is 30.8. The Morgan fingerprint density at radius 1 is 1.14 bits per heavy atom. The van der Waals surface area contributed by atoms with Crippen molar-refractivity contribution >= 4 is 33.0 Å². The largest absolute Gasteiger partial charge is 0.483 e. The van der Waals surface area contributed by atoms with Crippen molar-refractivity contribution in [2.75, 3.05) is 32.4 Å². The quantitative estimate of drug-likeness (QED) is 0.789. The van der Waals surface area contributed by atoms with Crippen LogP contribution in [0.4, 0.5) is 0 Å². The minimum Gasteiger partial charge on any atom is -0.483 e.